The first-order valence-electron chi connectivity index (χ1n) is 8.42. The highest BCUT2D eigenvalue weighted by molar-refractivity contribution is 6.05. The first-order valence-corrected chi connectivity index (χ1v) is 8.42. The minimum absolute atomic E-state index is 0.135. The van der Waals surface area contributed by atoms with Crippen molar-refractivity contribution in [3.63, 3.8) is 0 Å². The third-order valence-electron chi connectivity index (χ3n) is 4.21. The molecule has 0 aliphatic carbocycles. The molecule has 0 saturated carbocycles. The van der Waals surface area contributed by atoms with Crippen molar-refractivity contribution >= 4 is 11.6 Å². The summed E-state index contributed by atoms with van der Waals surface area (Å²) in [5.41, 5.74) is 1.99. The minimum Gasteiger partial charge on any atom is -0.324 e. The summed E-state index contributed by atoms with van der Waals surface area (Å²) in [6.07, 6.45) is 2.59. The summed E-state index contributed by atoms with van der Waals surface area (Å²) in [6, 6.07) is 3.20. The van der Waals surface area contributed by atoms with Crippen LogP contribution in [-0.2, 0) is 6.54 Å². The Morgan fingerprint density at radius 2 is 1.88 bits per heavy atom. The largest absolute Gasteiger partial charge is 0.324 e. The number of carbonyl (C=O) groups excluding carboxylic acids is 1. The Labute approximate surface area is 146 Å². The average molecular weight is 343 g/mol. The fourth-order valence-electron chi connectivity index (χ4n) is 2.73. The van der Waals surface area contributed by atoms with Gasteiger partial charge in [-0.2, -0.15) is 0 Å². The van der Waals surface area contributed by atoms with Gasteiger partial charge >= 0.3 is 0 Å². The number of aryl methyl sites for hydroxylation is 4. The lowest BCUT2D eigenvalue weighted by Crippen LogP contribution is -2.31. The molecular formula is C19H25N3O3. The summed E-state index contributed by atoms with van der Waals surface area (Å²) in [4.78, 5) is 39.6. The predicted molar refractivity (Wildman–Crippen MR) is 99.4 cm³/mol. The number of anilines is 1. The number of pyridine rings is 2. The molecule has 1 amide bonds. The number of aromatic amines is 1. The average Bonchev–Trinajstić information content (AvgIpc) is 2.50. The summed E-state index contributed by atoms with van der Waals surface area (Å²) in [5.74, 6) is 0.0107. The van der Waals surface area contributed by atoms with E-state index >= 15 is 0 Å². The lowest BCUT2D eigenvalue weighted by atomic mass is 10.1. The zero-order valence-electron chi connectivity index (χ0n) is 15.4. The Morgan fingerprint density at radius 3 is 2.48 bits per heavy atom. The Balaban J connectivity index is 2.38. The van der Waals surface area contributed by atoms with Crippen molar-refractivity contribution in [3.8, 4) is 0 Å². The van der Waals surface area contributed by atoms with Crippen LogP contribution in [0.15, 0.2) is 27.9 Å². The lowest BCUT2D eigenvalue weighted by Gasteiger charge is -2.14. The van der Waals surface area contributed by atoms with E-state index in [4.69, 9.17) is 0 Å². The molecule has 0 spiro atoms. The van der Waals surface area contributed by atoms with Crippen molar-refractivity contribution < 1.29 is 4.79 Å². The van der Waals surface area contributed by atoms with Crippen LogP contribution in [-0.4, -0.2) is 15.5 Å². The molecule has 134 valence electrons. The van der Waals surface area contributed by atoms with E-state index in [1.165, 1.54) is 6.07 Å². The quantitative estimate of drug-likeness (QED) is 0.875. The van der Waals surface area contributed by atoms with Gasteiger partial charge in [-0.15, -0.1) is 0 Å². The van der Waals surface area contributed by atoms with Crippen LogP contribution in [0, 0.1) is 26.7 Å². The molecule has 0 unspecified atom stereocenters. The smallest absolute Gasteiger partial charge is 0.263 e. The number of H-pyrrole nitrogens is 1. The standard InChI is InChI=1S/C19H25N3O3/c1-11(2)6-8-22-9-7-12(3)16(19(22)25)18(24)21-17-13(4)10-15(23)20-14(17)5/h7,9-11H,6,8H2,1-5H3,(H,20,23)(H,21,24). The molecule has 0 aliphatic rings. The first kappa shape index (κ1) is 18.7. The fraction of sp³-hybridized carbons (Fsp3) is 0.421. The number of nitrogens with zero attached hydrogens (tertiary/aromatic N) is 1. The lowest BCUT2D eigenvalue weighted by molar-refractivity contribution is 0.102. The van der Waals surface area contributed by atoms with Gasteiger partial charge < -0.3 is 14.9 Å². The Kier molecular flexibility index (Phi) is 5.62. The monoisotopic (exact) mass is 343 g/mol. The molecule has 0 fully saturated rings. The SMILES string of the molecule is Cc1cc(=O)[nH]c(C)c1NC(=O)c1c(C)ccn(CCC(C)C)c1=O. The van der Waals surface area contributed by atoms with Gasteiger partial charge in [-0.3, -0.25) is 14.4 Å². The maximum atomic E-state index is 12.7. The summed E-state index contributed by atoms with van der Waals surface area (Å²) in [7, 11) is 0. The number of aromatic nitrogens is 2. The van der Waals surface area contributed by atoms with Gasteiger partial charge in [0.05, 0.1) is 5.69 Å². The van der Waals surface area contributed by atoms with Crippen LogP contribution in [0.3, 0.4) is 0 Å². The molecule has 2 heterocycles. The predicted octanol–water partition coefficient (Wildman–Crippen LogP) is 2.76. The molecule has 6 heteroatoms. The Hall–Kier alpha value is -2.63. The molecule has 2 aromatic rings. The van der Waals surface area contributed by atoms with Crippen LogP contribution in [0.1, 0.15) is 47.4 Å². The van der Waals surface area contributed by atoms with E-state index < -0.39 is 5.91 Å². The van der Waals surface area contributed by atoms with Gasteiger partial charge in [-0.1, -0.05) is 13.8 Å². The van der Waals surface area contributed by atoms with Crippen molar-refractivity contribution in [2.45, 2.75) is 47.6 Å². The summed E-state index contributed by atoms with van der Waals surface area (Å²) in [5, 5.41) is 2.77. The zero-order chi connectivity index (χ0) is 18.7. The Morgan fingerprint density at radius 1 is 1.20 bits per heavy atom. The number of rotatable bonds is 5. The van der Waals surface area contributed by atoms with E-state index in [1.807, 2.05) is 0 Å². The highest BCUT2D eigenvalue weighted by atomic mass is 16.2. The van der Waals surface area contributed by atoms with Crippen LogP contribution in [0.2, 0.25) is 0 Å². The molecule has 0 bridgehead atoms. The summed E-state index contributed by atoms with van der Waals surface area (Å²) in [6.45, 7) is 9.96. The van der Waals surface area contributed by atoms with E-state index in [1.54, 1.807) is 37.6 Å². The van der Waals surface area contributed by atoms with Gasteiger partial charge in [-0.05, 0) is 50.3 Å². The van der Waals surface area contributed by atoms with Crippen molar-refractivity contribution in [2.75, 3.05) is 5.32 Å². The number of hydrogen-bond donors (Lipinski definition) is 2. The topological polar surface area (TPSA) is 84.0 Å². The van der Waals surface area contributed by atoms with Gasteiger partial charge in [0, 0.05) is 24.5 Å². The molecule has 0 aliphatic heterocycles. The number of carbonyl (C=O) groups is 1. The van der Waals surface area contributed by atoms with Gasteiger partial charge in [0.15, 0.2) is 0 Å². The molecule has 0 radical (unpaired) electrons. The molecule has 6 nitrogen and oxygen atoms in total. The summed E-state index contributed by atoms with van der Waals surface area (Å²) < 4.78 is 1.58. The van der Waals surface area contributed by atoms with E-state index in [2.05, 4.69) is 24.1 Å². The molecular weight excluding hydrogens is 318 g/mol. The first-order chi connectivity index (χ1) is 11.7. The van der Waals surface area contributed by atoms with E-state index in [0.717, 1.165) is 6.42 Å². The molecule has 2 aromatic heterocycles. The maximum Gasteiger partial charge on any atom is 0.263 e. The van der Waals surface area contributed by atoms with Gasteiger partial charge in [0.2, 0.25) is 5.56 Å². The van der Waals surface area contributed by atoms with Gasteiger partial charge in [-0.25, -0.2) is 0 Å². The second-order valence-corrected chi connectivity index (χ2v) is 6.83. The van der Waals surface area contributed by atoms with E-state index in [0.29, 0.717) is 35.0 Å². The van der Waals surface area contributed by atoms with Crippen LogP contribution in [0.5, 0.6) is 0 Å². The zero-order valence-corrected chi connectivity index (χ0v) is 15.4. The molecule has 2 N–H and O–H groups in total. The third-order valence-corrected chi connectivity index (χ3v) is 4.21. The van der Waals surface area contributed by atoms with Crippen LogP contribution in [0.25, 0.3) is 0 Å². The molecule has 25 heavy (non-hydrogen) atoms. The van der Waals surface area contributed by atoms with E-state index in [9.17, 15) is 14.4 Å². The second kappa shape index (κ2) is 7.51. The summed E-state index contributed by atoms with van der Waals surface area (Å²) >= 11 is 0. The molecule has 0 atom stereocenters. The van der Waals surface area contributed by atoms with Crippen LogP contribution >= 0.6 is 0 Å². The van der Waals surface area contributed by atoms with E-state index in [-0.39, 0.29) is 16.7 Å². The van der Waals surface area contributed by atoms with Crippen LogP contribution in [0.4, 0.5) is 5.69 Å². The van der Waals surface area contributed by atoms with Gasteiger partial charge in [0.1, 0.15) is 5.56 Å². The number of amides is 1. The number of nitrogens with one attached hydrogen (secondary N) is 2. The van der Waals surface area contributed by atoms with Crippen molar-refractivity contribution in [1.82, 2.24) is 9.55 Å². The maximum absolute atomic E-state index is 12.7. The molecule has 0 aromatic carbocycles. The normalized spacial score (nSPS) is 11.0. The molecule has 2 rings (SSSR count). The molecule has 0 saturated heterocycles. The van der Waals surface area contributed by atoms with Crippen molar-refractivity contribution in [1.29, 1.82) is 0 Å². The van der Waals surface area contributed by atoms with Gasteiger partial charge in [0.25, 0.3) is 11.5 Å². The number of hydrogen-bond acceptors (Lipinski definition) is 3. The second-order valence-electron chi connectivity index (χ2n) is 6.83. The van der Waals surface area contributed by atoms with Crippen LogP contribution < -0.4 is 16.4 Å². The highest BCUT2D eigenvalue weighted by Crippen LogP contribution is 2.17. The highest BCUT2D eigenvalue weighted by Gasteiger charge is 2.18. The van der Waals surface area contributed by atoms with Crippen molar-refractivity contribution in [3.05, 3.63) is 61.4 Å². The van der Waals surface area contributed by atoms with Crippen molar-refractivity contribution in [2.24, 2.45) is 5.92 Å². The third kappa shape index (κ3) is 4.26. The fourth-order valence-corrected chi connectivity index (χ4v) is 2.73. The minimum atomic E-state index is -0.459. The Bertz CT molecular complexity index is 881.